The molecule has 22 heavy (non-hydrogen) atoms. The first-order valence-corrected chi connectivity index (χ1v) is 6.66. The lowest BCUT2D eigenvalue weighted by Crippen LogP contribution is -2.15. The lowest BCUT2D eigenvalue weighted by atomic mass is 10.2. The van der Waals surface area contributed by atoms with Gasteiger partial charge in [0.1, 0.15) is 0 Å². The van der Waals surface area contributed by atoms with E-state index in [4.69, 9.17) is 0 Å². The predicted octanol–water partition coefficient (Wildman–Crippen LogP) is 2.29. The van der Waals surface area contributed by atoms with Crippen molar-refractivity contribution < 1.29 is 5.11 Å². The van der Waals surface area contributed by atoms with Crippen molar-refractivity contribution in [3.63, 3.8) is 0 Å². The number of rotatable bonds is 3. The van der Waals surface area contributed by atoms with E-state index in [9.17, 15) is 9.90 Å². The molecule has 0 bridgehead atoms. The molecule has 6 nitrogen and oxygen atoms in total. The number of hydrogen-bond acceptors (Lipinski definition) is 4. The Morgan fingerprint density at radius 3 is 2.64 bits per heavy atom. The minimum Gasteiger partial charge on any atom is -0.503 e. The van der Waals surface area contributed by atoms with Crippen LogP contribution < -0.4 is 5.43 Å². The molecule has 0 saturated carbocycles. The summed E-state index contributed by atoms with van der Waals surface area (Å²) in [4.78, 5) is 12.2. The largest absolute Gasteiger partial charge is 0.503 e. The van der Waals surface area contributed by atoms with E-state index in [2.05, 4.69) is 16.8 Å². The van der Waals surface area contributed by atoms with E-state index in [1.165, 1.54) is 10.9 Å². The number of para-hydroxylation sites is 1. The molecule has 0 saturated heterocycles. The molecule has 0 amide bonds. The predicted molar refractivity (Wildman–Crippen MR) is 83.7 cm³/mol. The SMILES string of the molecule is C=C(C)n1cc(O)c(=O)c(-c2ccnn2-c2ccccc2)n1. The molecule has 110 valence electrons. The molecule has 3 rings (SSSR count). The second-order valence-corrected chi connectivity index (χ2v) is 4.84. The van der Waals surface area contributed by atoms with Crippen LogP contribution >= 0.6 is 0 Å². The van der Waals surface area contributed by atoms with Crippen LogP contribution in [-0.2, 0) is 0 Å². The summed E-state index contributed by atoms with van der Waals surface area (Å²) < 4.78 is 2.97. The van der Waals surface area contributed by atoms with Gasteiger partial charge in [0, 0.05) is 5.70 Å². The average molecular weight is 294 g/mol. The van der Waals surface area contributed by atoms with Crippen LogP contribution in [0.5, 0.6) is 5.75 Å². The van der Waals surface area contributed by atoms with Crippen molar-refractivity contribution in [1.82, 2.24) is 19.6 Å². The standard InChI is InChI=1S/C16H14N4O2/c1-11(2)19-10-14(21)16(22)15(18-19)13-8-9-17-20(13)12-6-4-3-5-7-12/h3-10,21H,1H2,2H3. The first kappa shape index (κ1) is 13.8. The summed E-state index contributed by atoms with van der Waals surface area (Å²) in [5.41, 5.74) is 1.46. The van der Waals surface area contributed by atoms with E-state index in [0.29, 0.717) is 11.4 Å². The summed E-state index contributed by atoms with van der Waals surface area (Å²) in [6, 6.07) is 11.1. The second kappa shape index (κ2) is 5.33. The maximum absolute atomic E-state index is 12.2. The molecule has 0 aliphatic carbocycles. The topological polar surface area (TPSA) is 72.9 Å². The first-order valence-electron chi connectivity index (χ1n) is 6.66. The molecular weight excluding hydrogens is 280 g/mol. The fourth-order valence-electron chi connectivity index (χ4n) is 2.10. The van der Waals surface area contributed by atoms with Crippen LogP contribution in [0.15, 0.2) is 60.2 Å². The summed E-state index contributed by atoms with van der Waals surface area (Å²) in [5.74, 6) is -0.381. The highest BCUT2D eigenvalue weighted by atomic mass is 16.3. The summed E-state index contributed by atoms with van der Waals surface area (Å²) in [5, 5.41) is 18.3. The number of allylic oxidation sites excluding steroid dienone is 1. The van der Waals surface area contributed by atoms with Gasteiger partial charge in [-0.2, -0.15) is 10.2 Å². The van der Waals surface area contributed by atoms with Crippen LogP contribution in [0.4, 0.5) is 0 Å². The van der Waals surface area contributed by atoms with Crippen LogP contribution in [0, 0.1) is 0 Å². The summed E-state index contributed by atoms with van der Waals surface area (Å²) in [6.45, 7) is 5.50. The van der Waals surface area contributed by atoms with Gasteiger partial charge in [-0.25, -0.2) is 9.36 Å². The van der Waals surface area contributed by atoms with E-state index >= 15 is 0 Å². The molecular formula is C16H14N4O2. The number of benzene rings is 1. The fourth-order valence-corrected chi connectivity index (χ4v) is 2.10. The zero-order valence-corrected chi connectivity index (χ0v) is 12.0. The third-order valence-corrected chi connectivity index (χ3v) is 3.18. The van der Waals surface area contributed by atoms with Gasteiger partial charge < -0.3 is 5.11 Å². The van der Waals surface area contributed by atoms with Crippen LogP contribution in [0.2, 0.25) is 0 Å². The molecule has 3 aromatic rings. The molecule has 0 radical (unpaired) electrons. The van der Waals surface area contributed by atoms with Crippen LogP contribution in [0.3, 0.4) is 0 Å². The number of hydrogen-bond donors (Lipinski definition) is 1. The fraction of sp³-hybridized carbons (Fsp3) is 0.0625. The zero-order chi connectivity index (χ0) is 15.7. The van der Waals surface area contributed by atoms with Gasteiger partial charge in [-0.1, -0.05) is 24.8 Å². The molecule has 2 aromatic heterocycles. The van der Waals surface area contributed by atoms with Gasteiger partial charge in [-0.3, -0.25) is 4.79 Å². The van der Waals surface area contributed by atoms with E-state index in [1.54, 1.807) is 23.9 Å². The maximum atomic E-state index is 12.2. The highest BCUT2D eigenvalue weighted by Crippen LogP contribution is 2.19. The number of aromatic nitrogens is 4. The molecule has 0 fully saturated rings. The van der Waals surface area contributed by atoms with Gasteiger partial charge in [0.15, 0.2) is 11.4 Å². The van der Waals surface area contributed by atoms with Crippen molar-refractivity contribution >= 4 is 5.70 Å². The molecule has 1 N–H and O–H groups in total. The van der Waals surface area contributed by atoms with Crippen molar-refractivity contribution in [3.8, 4) is 22.8 Å². The van der Waals surface area contributed by atoms with Crippen molar-refractivity contribution in [3.05, 3.63) is 65.6 Å². The Kier molecular flexibility index (Phi) is 3.34. The molecule has 0 spiro atoms. The summed E-state index contributed by atoms with van der Waals surface area (Å²) >= 11 is 0. The Bertz CT molecular complexity index is 894. The normalized spacial score (nSPS) is 10.6. The smallest absolute Gasteiger partial charge is 0.251 e. The van der Waals surface area contributed by atoms with Gasteiger partial charge in [-0.15, -0.1) is 0 Å². The van der Waals surface area contributed by atoms with Gasteiger partial charge in [0.25, 0.3) is 5.43 Å². The van der Waals surface area contributed by atoms with Crippen LogP contribution in [-0.4, -0.2) is 24.7 Å². The molecule has 2 heterocycles. The Morgan fingerprint density at radius 1 is 1.23 bits per heavy atom. The Morgan fingerprint density at radius 2 is 1.95 bits per heavy atom. The minimum absolute atomic E-state index is 0.115. The van der Waals surface area contributed by atoms with Crippen molar-refractivity contribution in [1.29, 1.82) is 0 Å². The maximum Gasteiger partial charge on any atom is 0.251 e. The third-order valence-electron chi connectivity index (χ3n) is 3.18. The highest BCUT2D eigenvalue weighted by molar-refractivity contribution is 5.59. The third kappa shape index (κ3) is 2.31. The summed E-state index contributed by atoms with van der Waals surface area (Å²) in [6.07, 6.45) is 2.83. The molecule has 0 unspecified atom stereocenters. The highest BCUT2D eigenvalue weighted by Gasteiger charge is 2.16. The van der Waals surface area contributed by atoms with Crippen molar-refractivity contribution in [2.75, 3.05) is 0 Å². The van der Waals surface area contributed by atoms with Gasteiger partial charge in [0.05, 0.1) is 23.8 Å². The van der Waals surface area contributed by atoms with E-state index < -0.39 is 5.43 Å². The van der Waals surface area contributed by atoms with E-state index in [0.717, 1.165) is 5.69 Å². The van der Waals surface area contributed by atoms with Crippen molar-refractivity contribution in [2.45, 2.75) is 6.92 Å². The average Bonchev–Trinajstić information content (AvgIpc) is 3.00. The van der Waals surface area contributed by atoms with Gasteiger partial charge in [0.2, 0.25) is 0 Å². The zero-order valence-electron chi connectivity index (χ0n) is 12.0. The number of nitrogens with zero attached hydrogens (tertiary/aromatic N) is 4. The Hall–Kier alpha value is -3.15. The molecule has 1 aromatic carbocycles. The molecule has 0 atom stereocenters. The van der Waals surface area contributed by atoms with Gasteiger partial charge >= 0.3 is 0 Å². The summed E-state index contributed by atoms with van der Waals surface area (Å²) in [7, 11) is 0. The number of aromatic hydroxyl groups is 1. The first-order chi connectivity index (χ1) is 10.6. The molecule has 6 heteroatoms. The van der Waals surface area contributed by atoms with E-state index in [-0.39, 0.29) is 11.4 Å². The van der Waals surface area contributed by atoms with Crippen LogP contribution in [0.25, 0.3) is 22.8 Å². The van der Waals surface area contributed by atoms with Crippen LogP contribution in [0.1, 0.15) is 6.92 Å². The van der Waals surface area contributed by atoms with Gasteiger partial charge in [-0.05, 0) is 25.1 Å². The monoisotopic (exact) mass is 294 g/mol. The van der Waals surface area contributed by atoms with E-state index in [1.807, 2.05) is 30.3 Å². The lowest BCUT2D eigenvalue weighted by Gasteiger charge is -2.10. The Labute approximate surface area is 126 Å². The quantitative estimate of drug-likeness (QED) is 0.804. The van der Waals surface area contributed by atoms with Crippen molar-refractivity contribution in [2.24, 2.45) is 0 Å². The second-order valence-electron chi connectivity index (χ2n) is 4.84. The molecule has 0 aliphatic heterocycles. The Balaban J connectivity index is 2.24. The lowest BCUT2D eigenvalue weighted by molar-refractivity contribution is 0.462. The minimum atomic E-state index is -0.546. The molecule has 0 aliphatic rings.